The van der Waals surface area contributed by atoms with Gasteiger partial charge in [0, 0.05) is 28.7 Å². The summed E-state index contributed by atoms with van der Waals surface area (Å²) in [6, 6.07) is 0. The summed E-state index contributed by atoms with van der Waals surface area (Å²) in [6.45, 7) is 5.43. The zero-order valence-electron chi connectivity index (χ0n) is 15.4. The number of rotatable bonds is 1. The lowest BCUT2D eigenvalue weighted by molar-refractivity contribution is -0.304. The van der Waals surface area contributed by atoms with Crippen molar-refractivity contribution in [2.75, 3.05) is 6.61 Å². The van der Waals surface area contributed by atoms with Crippen LogP contribution in [0.25, 0.3) is 0 Å². The Hall–Kier alpha value is -1.48. The molecule has 2 aliphatic carbocycles. The maximum atomic E-state index is 12.3. The van der Waals surface area contributed by atoms with Crippen molar-refractivity contribution in [2.45, 2.75) is 57.4 Å². The standard InChI is InChI=1S/C19H24O8/c1-7-4-10(20)27-14(7)17(3)5-9-18-6-25-19(24,16(17)18)13(22)8(2)11(18)12(21)15(23)26-9/h4,8-9,11-14,16,21-22,24H,5-6H2,1-3H3/t8-,9-,11-,12-,13-,14-,16-,17-,18+,19+/m1/s1. The van der Waals surface area contributed by atoms with Crippen LogP contribution in [-0.2, 0) is 23.8 Å². The van der Waals surface area contributed by atoms with Gasteiger partial charge < -0.3 is 29.5 Å². The SMILES string of the molecule is CC1=CC(=O)O[C@H]1[C@@]1(C)C[C@H]2OC(=O)[C@H](O)[C@H]3[C@@H](C)[C@@H](O)[C@]4(O)OC[C@@]32[C@@H]14. The third-order valence-corrected chi connectivity index (χ3v) is 7.93. The average molecular weight is 380 g/mol. The summed E-state index contributed by atoms with van der Waals surface area (Å²) in [7, 11) is 0. The predicted molar refractivity (Wildman–Crippen MR) is 87.7 cm³/mol. The number of carbonyl (C=O) groups is 2. The Kier molecular flexibility index (Phi) is 3.21. The van der Waals surface area contributed by atoms with Crippen LogP contribution < -0.4 is 0 Å². The lowest BCUT2D eigenvalue weighted by atomic mass is 9.50. The van der Waals surface area contributed by atoms with Crippen molar-refractivity contribution in [1.82, 2.24) is 0 Å². The van der Waals surface area contributed by atoms with E-state index >= 15 is 0 Å². The van der Waals surface area contributed by atoms with Crippen molar-refractivity contribution in [2.24, 2.45) is 28.6 Å². The second kappa shape index (κ2) is 4.92. The first-order valence-electron chi connectivity index (χ1n) is 9.39. The minimum absolute atomic E-state index is 0.0637. The number of carbonyl (C=O) groups excluding carboxylic acids is 2. The fourth-order valence-corrected chi connectivity index (χ4v) is 7.19. The summed E-state index contributed by atoms with van der Waals surface area (Å²) in [5.41, 5.74) is -0.950. The van der Waals surface area contributed by atoms with E-state index in [0.29, 0.717) is 6.42 Å². The predicted octanol–water partition coefficient (Wildman–Crippen LogP) is -0.497. The van der Waals surface area contributed by atoms with Gasteiger partial charge in [0.15, 0.2) is 11.9 Å². The van der Waals surface area contributed by atoms with Gasteiger partial charge in [-0.25, -0.2) is 9.59 Å². The number of aliphatic hydroxyl groups excluding tert-OH is 2. The summed E-state index contributed by atoms with van der Waals surface area (Å²) < 4.78 is 16.9. The van der Waals surface area contributed by atoms with Crippen molar-refractivity contribution in [1.29, 1.82) is 0 Å². The maximum Gasteiger partial charge on any atom is 0.335 e. The molecule has 5 aliphatic rings. The van der Waals surface area contributed by atoms with E-state index in [-0.39, 0.29) is 6.61 Å². The van der Waals surface area contributed by atoms with Gasteiger partial charge in [-0.1, -0.05) is 13.8 Å². The average Bonchev–Trinajstić information content (AvgIpc) is 3.17. The van der Waals surface area contributed by atoms with Crippen LogP contribution in [0.4, 0.5) is 0 Å². The van der Waals surface area contributed by atoms with Gasteiger partial charge in [0.2, 0.25) is 0 Å². The minimum atomic E-state index is -1.86. The first-order valence-corrected chi connectivity index (χ1v) is 9.39. The third-order valence-electron chi connectivity index (χ3n) is 7.93. The molecule has 0 radical (unpaired) electrons. The molecule has 148 valence electrons. The van der Waals surface area contributed by atoms with E-state index in [1.807, 2.05) is 6.92 Å². The Labute approximate surface area is 156 Å². The van der Waals surface area contributed by atoms with Gasteiger partial charge in [-0.05, 0) is 24.8 Å². The molecule has 8 heteroatoms. The highest BCUT2D eigenvalue weighted by molar-refractivity contribution is 5.86. The van der Waals surface area contributed by atoms with E-state index in [1.54, 1.807) is 13.8 Å². The zero-order valence-corrected chi connectivity index (χ0v) is 15.4. The van der Waals surface area contributed by atoms with E-state index < -0.39 is 70.7 Å². The van der Waals surface area contributed by atoms with E-state index in [2.05, 4.69) is 0 Å². The van der Waals surface area contributed by atoms with Gasteiger partial charge in [-0.2, -0.15) is 0 Å². The number of ether oxygens (including phenoxy) is 3. The molecule has 2 saturated carbocycles. The second-order valence-corrected chi connectivity index (χ2v) is 9.20. The Morgan fingerprint density at radius 3 is 2.56 bits per heavy atom. The molecular weight excluding hydrogens is 356 g/mol. The molecule has 2 bridgehead atoms. The molecule has 0 amide bonds. The molecule has 3 aliphatic heterocycles. The second-order valence-electron chi connectivity index (χ2n) is 9.20. The number of esters is 2. The highest BCUT2D eigenvalue weighted by Crippen LogP contribution is 2.74. The zero-order chi connectivity index (χ0) is 19.5. The highest BCUT2D eigenvalue weighted by atomic mass is 16.7. The van der Waals surface area contributed by atoms with E-state index in [9.17, 15) is 24.9 Å². The Morgan fingerprint density at radius 2 is 1.93 bits per heavy atom. The van der Waals surface area contributed by atoms with Crippen LogP contribution in [0.3, 0.4) is 0 Å². The number of cyclic esters (lactones) is 1. The van der Waals surface area contributed by atoms with Crippen LogP contribution >= 0.6 is 0 Å². The highest BCUT2D eigenvalue weighted by Gasteiger charge is 2.84. The van der Waals surface area contributed by atoms with Crippen molar-refractivity contribution >= 4 is 11.9 Å². The summed E-state index contributed by atoms with van der Waals surface area (Å²) in [4.78, 5) is 24.2. The number of hydrogen-bond donors (Lipinski definition) is 3. The van der Waals surface area contributed by atoms with Gasteiger partial charge in [0.1, 0.15) is 18.3 Å². The molecule has 1 spiro atoms. The molecule has 0 aromatic carbocycles. The fraction of sp³-hybridized carbons (Fsp3) is 0.789. The van der Waals surface area contributed by atoms with Crippen LogP contribution in [0.1, 0.15) is 27.2 Å². The third kappa shape index (κ3) is 1.74. The molecule has 10 atom stereocenters. The van der Waals surface area contributed by atoms with Crippen molar-refractivity contribution in [3.63, 3.8) is 0 Å². The number of aliphatic hydroxyl groups is 3. The molecular formula is C19H24O8. The van der Waals surface area contributed by atoms with Gasteiger partial charge in [-0.3, -0.25) is 0 Å². The summed E-state index contributed by atoms with van der Waals surface area (Å²) in [5, 5.41) is 33.0. The summed E-state index contributed by atoms with van der Waals surface area (Å²) in [6.07, 6.45) is -2.14. The Bertz CT molecular complexity index is 778. The van der Waals surface area contributed by atoms with Gasteiger partial charge in [0.25, 0.3) is 0 Å². The van der Waals surface area contributed by atoms with Gasteiger partial charge >= 0.3 is 11.9 Å². The monoisotopic (exact) mass is 380 g/mol. The Balaban J connectivity index is 1.71. The Morgan fingerprint density at radius 1 is 1.22 bits per heavy atom. The van der Waals surface area contributed by atoms with Gasteiger partial charge in [0.05, 0.1) is 6.61 Å². The molecule has 4 fully saturated rings. The number of hydrogen-bond acceptors (Lipinski definition) is 8. The van der Waals surface area contributed by atoms with Crippen molar-refractivity contribution < 1.29 is 39.1 Å². The summed E-state index contributed by atoms with van der Waals surface area (Å²) in [5.74, 6) is -4.88. The van der Waals surface area contributed by atoms with Crippen molar-refractivity contribution in [3.05, 3.63) is 11.6 Å². The molecule has 3 N–H and O–H groups in total. The van der Waals surface area contributed by atoms with E-state index in [1.165, 1.54) is 6.08 Å². The molecule has 0 aromatic heterocycles. The van der Waals surface area contributed by atoms with Crippen molar-refractivity contribution in [3.8, 4) is 0 Å². The summed E-state index contributed by atoms with van der Waals surface area (Å²) >= 11 is 0. The van der Waals surface area contributed by atoms with Crippen LogP contribution in [0.15, 0.2) is 11.6 Å². The normalized spacial score (nSPS) is 58.6. The molecule has 5 rings (SSSR count). The lowest BCUT2D eigenvalue weighted by Crippen LogP contribution is -2.69. The quantitative estimate of drug-likeness (QED) is 0.521. The first-order chi connectivity index (χ1) is 12.6. The van der Waals surface area contributed by atoms with Crippen LogP contribution in [0.2, 0.25) is 0 Å². The largest absolute Gasteiger partial charge is 0.460 e. The molecule has 27 heavy (non-hydrogen) atoms. The molecule has 0 unspecified atom stereocenters. The van der Waals surface area contributed by atoms with E-state index in [4.69, 9.17) is 14.2 Å². The molecule has 0 aromatic rings. The molecule has 8 nitrogen and oxygen atoms in total. The first kappa shape index (κ1) is 17.6. The van der Waals surface area contributed by atoms with Crippen LogP contribution in [-0.4, -0.2) is 64.1 Å². The van der Waals surface area contributed by atoms with Gasteiger partial charge in [-0.15, -0.1) is 0 Å². The smallest absolute Gasteiger partial charge is 0.335 e. The van der Waals surface area contributed by atoms with E-state index in [0.717, 1.165) is 5.57 Å². The van der Waals surface area contributed by atoms with Crippen LogP contribution in [0, 0.1) is 28.6 Å². The lowest BCUT2D eigenvalue weighted by Gasteiger charge is -2.56. The molecule has 2 saturated heterocycles. The van der Waals surface area contributed by atoms with Crippen LogP contribution in [0.5, 0.6) is 0 Å². The maximum absolute atomic E-state index is 12.3. The molecule has 3 heterocycles. The minimum Gasteiger partial charge on any atom is -0.460 e. The fourth-order valence-electron chi connectivity index (χ4n) is 7.19. The topological polar surface area (TPSA) is 123 Å².